The van der Waals surface area contributed by atoms with Crippen LogP contribution < -0.4 is 5.73 Å². The first kappa shape index (κ1) is 21.6. The Bertz CT molecular complexity index is 1190. The van der Waals surface area contributed by atoms with Gasteiger partial charge in [-0.2, -0.15) is 0 Å². The van der Waals surface area contributed by atoms with E-state index in [1.54, 1.807) is 30.3 Å². The van der Waals surface area contributed by atoms with Crippen LogP contribution in [-0.4, -0.2) is 33.8 Å². The van der Waals surface area contributed by atoms with E-state index in [9.17, 15) is 14.7 Å². The number of hydrogen-bond donors (Lipinski definition) is 3. The summed E-state index contributed by atoms with van der Waals surface area (Å²) in [6.45, 7) is 0. The van der Waals surface area contributed by atoms with Crippen molar-refractivity contribution >= 4 is 29.3 Å². The fraction of sp³-hybridized carbons (Fsp3) is 0.160. The Hall–Kier alpha value is -3.64. The largest absolute Gasteiger partial charge is 0.480 e. The summed E-state index contributed by atoms with van der Waals surface area (Å²) in [6, 6.07) is 20.2. The van der Waals surface area contributed by atoms with Gasteiger partial charge in [-0.05, 0) is 53.8 Å². The van der Waals surface area contributed by atoms with Crippen LogP contribution in [0.3, 0.4) is 0 Å². The van der Waals surface area contributed by atoms with Crippen molar-refractivity contribution in [2.45, 2.75) is 24.9 Å². The van der Waals surface area contributed by atoms with Crippen LogP contribution in [0, 0.1) is 5.41 Å². The van der Waals surface area contributed by atoms with Gasteiger partial charge < -0.3 is 15.7 Å². The smallest absolute Gasteiger partial charge is 0.326 e. The summed E-state index contributed by atoms with van der Waals surface area (Å²) in [6.07, 6.45) is 0.898. The van der Waals surface area contributed by atoms with E-state index in [0.717, 1.165) is 16.7 Å². The Morgan fingerprint density at radius 2 is 1.66 bits per heavy atom. The van der Waals surface area contributed by atoms with Gasteiger partial charge in [0.25, 0.3) is 5.91 Å². The van der Waals surface area contributed by atoms with Crippen molar-refractivity contribution in [1.29, 1.82) is 5.41 Å². The number of nitrogens with zero attached hydrogens (tertiary/aromatic N) is 1. The number of hydrogen-bond acceptors (Lipinski definition) is 3. The average Bonchev–Trinajstić information content (AvgIpc) is 3.24. The average molecular weight is 448 g/mol. The van der Waals surface area contributed by atoms with Crippen LogP contribution in [0.4, 0.5) is 0 Å². The Morgan fingerprint density at radius 1 is 0.938 bits per heavy atom. The number of carboxylic acid groups (broad SMARTS) is 1. The Labute approximate surface area is 190 Å². The molecule has 3 aromatic carbocycles. The normalized spacial score (nSPS) is 17.8. The number of amides is 1. The third-order valence-corrected chi connectivity index (χ3v) is 6.15. The van der Waals surface area contributed by atoms with Crippen LogP contribution in [0.15, 0.2) is 72.8 Å². The van der Waals surface area contributed by atoms with Crippen molar-refractivity contribution in [2.75, 3.05) is 0 Å². The van der Waals surface area contributed by atoms with Gasteiger partial charge in [0.1, 0.15) is 11.9 Å². The maximum Gasteiger partial charge on any atom is 0.326 e. The van der Waals surface area contributed by atoms with Gasteiger partial charge in [-0.1, -0.05) is 60.1 Å². The topological polar surface area (TPSA) is 107 Å². The van der Waals surface area contributed by atoms with E-state index in [-0.39, 0.29) is 11.7 Å². The van der Waals surface area contributed by atoms with Crippen molar-refractivity contribution in [3.05, 3.63) is 94.5 Å². The van der Waals surface area contributed by atoms with Crippen LogP contribution in [0.2, 0.25) is 5.02 Å². The maximum absolute atomic E-state index is 13.4. The van der Waals surface area contributed by atoms with Crippen LogP contribution >= 0.6 is 11.6 Å². The summed E-state index contributed by atoms with van der Waals surface area (Å²) in [5.74, 6) is -1.38. The monoisotopic (exact) mass is 447 g/mol. The lowest BCUT2D eigenvalue weighted by molar-refractivity contribution is -0.141. The molecule has 32 heavy (non-hydrogen) atoms. The predicted molar refractivity (Wildman–Crippen MR) is 124 cm³/mol. The van der Waals surface area contributed by atoms with Gasteiger partial charge in [0.2, 0.25) is 0 Å². The molecule has 4 N–H and O–H groups in total. The summed E-state index contributed by atoms with van der Waals surface area (Å²) in [5.41, 5.74) is 9.09. The standard InChI is InChI=1S/C25H22ClN3O3/c26-20-7-2-1-6-19(20)21-12-13-22(25(31)32)29(21)24(30)16-10-8-15(9-11-16)17-4-3-5-18(14-17)23(27)28/h1-11,14,21-22H,12-13H2,(H3,27,28)(H,31,32)/t21-,22+/m1/s1. The van der Waals surface area contributed by atoms with Crippen molar-refractivity contribution in [1.82, 2.24) is 4.90 Å². The van der Waals surface area contributed by atoms with Gasteiger partial charge >= 0.3 is 5.97 Å². The van der Waals surface area contributed by atoms with Gasteiger partial charge in [0.05, 0.1) is 6.04 Å². The van der Waals surface area contributed by atoms with E-state index < -0.39 is 18.1 Å². The van der Waals surface area contributed by atoms with Gasteiger partial charge in [-0.15, -0.1) is 0 Å². The first-order valence-corrected chi connectivity index (χ1v) is 10.6. The summed E-state index contributed by atoms with van der Waals surface area (Å²) >= 11 is 6.36. The van der Waals surface area contributed by atoms with Crippen LogP contribution in [-0.2, 0) is 4.79 Å². The number of carboxylic acids is 1. The third kappa shape index (κ3) is 4.09. The van der Waals surface area contributed by atoms with E-state index in [4.69, 9.17) is 22.7 Å². The van der Waals surface area contributed by atoms with Crippen molar-refractivity contribution in [3.63, 3.8) is 0 Å². The molecule has 0 unspecified atom stereocenters. The zero-order valence-electron chi connectivity index (χ0n) is 17.2. The summed E-state index contributed by atoms with van der Waals surface area (Å²) < 4.78 is 0. The molecule has 1 heterocycles. The molecule has 0 radical (unpaired) electrons. The van der Waals surface area contributed by atoms with E-state index >= 15 is 0 Å². The van der Waals surface area contributed by atoms with Gasteiger partial charge in [-0.3, -0.25) is 10.2 Å². The lowest BCUT2D eigenvalue weighted by atomic mass is 10.0. The van der Waals surface area contributed by atoms with Crippen molar-refractivity contribution in [3.8, 4) is 11.1 Å². The van der Waals surface area contributed by atoms with Gasteiger partial charge in [0, 0.05) is 16.1 Å². The van der Waals surface area contributed by atoms with Gasteiger partial charge in [0.15, 0.2) is 0 Å². The minimum absolute atomic E-state index is 0.0157. The minimum atomic E-state index is -1.02. The van der Waals surface area contributed by atoms with E-state index in [1.807, 2.05) is 42.5 Å². The van der Waals surface area contributed by atoms with Crippen LogP contribution in [0.25, 0.3) is 11.1 Å². The van der Waals surface area contributed by atoms with Gasteiger partial charge in [-0.25, -0.2) is 4.79 Å². The highest BCUT2D eigenvalue weighted by Crippen LogP contribution is 2.40. The summed E-state index contributed by atoms with van der Waals surface area (Å²) in [4.78, 5) is 26.7. The fourth-order valence-corrected chi connectivity index (χ4v) is 4.47. The first-order valence-electron chi connectivity index (χ1n) is 10.2. The number of nitrogens with two attached hydrogens (primary N) is 1. The van der Waals surface area contributed by atoms with Crippen LogP contribution in [0.1, 0.15) is 40.4 Å². The second kappa shape index (κ2) is 8.85. The van der Waals surface area contributed by atoms with Crippen molar-refractivity contribution < 1.29 is 14.7 Å². The number of nitrogen functional groups attached to an aromatic ring is 1. The summed E-state index contributed by atoms with van der Waals surface area (Å²) in [5, 5.41) is 17.8. The number of likely N-dealkylation sites (tertiary alicyclic amines) is 1. The third-order valence-electron chi connectivity index (χ3n) is 5.81. The molecule has 0 saturated carbocycles. The number of aliphatic carboxylic acids is 1. The number of carbonyl (C=O) groups is 2. The number of nitrogens with one attached hydrogen (secondary N) is 1. The lowest BCUT2D eigenvalue weighted by Crippen LogP contribution is -2.41. The lowest BCUT2D eigenvalue weighted by Gasteiger charge is -2.29. The van der Waals surface area contributed by atoms with E-state index in [2.05, 4.69) is 0 Å². The number of rotatable bonds is 5. The minimum Gasteiger partial charge on any atom is -0.480 e. The molecule has 3 aromatic rings. The second-order valence-corrected chi connectivity index (χ2v) is 8.16. The Morgan fingerprint density at radius 3 is 2.31 bits per heavy atom. The molecule has 0 aromatic heterocycles. The highest BCUT2D eigenvalue weighted by atomic mass is 35.5. The van der Waals surface area contributed by atoms with Crippen LogP contribution in [0.5, 0.6) is 0 Å². The second-order valence-electron chi connectivity index (χ2n) is 7.75. The SMILES string of the molecule is N=C(N)c1cccc(-c2ccc(C(=O)N3[C@@H](c4ccccc4Cl)CC[C@H]3C(=O)O)cc2)c1. The molecule has 1 aliphatic heterocycles. The zero-order valence-corrected chi connectivity index (χ0v) is 17.9. The first-order chi connectivity index (χ1) is 15.4. The molecule has 0 bridgehead atoms. The zero-order chi connectivity index (χ0) is 22.8. The Balaban J connectivity index is 1.65. The molecule has 4 rings (SSSR count). The number of carbonyl (C=O) groups excluding carboxylic acids is 1. The predicted octanol–water partition coefficient (Wildman–Crippen LogP) is 4.72. The molecule has 2 atom stereocenters. The molecular weight excluding hydrogens is 426 g/mol. The molecule has 7 heteroatoms. The molecule has 1 fully saturated rings. The van der Waals surface area contributed by atoms with Crippen molar-refractivity contribution in [2.24, 2.45) is 5.73 Å². The molecule has 0 aliphatic carbocycles. The highest BCUT2D eigenvalue weighted by Gasteiger charge is 2.42. The quantitative estimate of drug-likeness (QED) is 0.388. The molecule has 162 valence electrons. The highest BCUT2D eigenvalue weighted by molar-refractivity contribution is 6.31. The fourth-order valence-electron chi connectivity index (χ4n) is 4.21. The molecular formula is C25H22ClN3O3. The molecule has 0 spiro atoms. The maximum atomic E-state index is 13.4. The Kier molecular flexibility index (Phi) is 5.97. The summed E-state index contributed by atoms with van der Waals surface area (Å²) in [7, 11) is 0. The molecule has 1 aliphatic rings. The number of benzene rings is 3. The van der Waals surface area contributed by atoms with E-state index in [1.165, 1.54) is 4.90 Å². The molecule has 6 nitrogen and oxygen atoms in total. The van der Waals surface area contributed by atoms with E-state index in [0.29, 0.717) is 29.0 Å². The number of halogens is 1. The number of amidine groups is 1. The molecule has 1 amide bonds. The molecule has 1 saturated heterocycles.